The molecule has 1 saturated heterocycles. The van der Waals surface area contributed by atoms with Crippen LogP contribution in [-0.4, -0.2) is 46.0 Å². The monoisotopic (exact) mass is 327 g/mol. The number of aryl methyl sites for hydroxylation is 1. The van der Waals surface area contributed by atoms with Crippen molar-refractivity contribution in [1.29, 1.82) is 0 Å². The van der Waals surface area contributed by atoms with Crippen molar-refractivity contribution in [2.75, 3.05) is 25.5 Å². The summed E-state index contributed by atoms with van der Waals surface area (Å²) in [6, 6.07) is 4.26. The van der Waals surface area contributed by atoms with Gasteiger partial charge in [-0.05, 0) is 30.5 Å². The van der Waals surface area contributed by atoms with Crippen molar-refractivity contribution in [3.05, 3.63) is 42.1 Å². The number of rotatable bonds is 5. The summed E-state index contributed by atoms with van der Waals surface area (Å²) in [6.07, 6.45) is 8.36. The number of nitrogens with zero attached hydrogens (tertiary/aromatic N) is 5. The second-order valence-corrected chi connectivity index (χ2v) is 6.41. The van der Waals surface area contributed by atoms with E-state index < -0.39 is 0 Å². The Hall–Kier alpha value is -2.37. The van der Waals surface area contributed by atoms with Crippen LogP contribution in [0.1, 0.15) is 37.2 Å². The Kier molecular flexibility index (Phi) is 4.83. The molecule has 1 aliphatic heterocycles. The number of amides is 1. The van der Waals surface area contributed by atoms with E-state index in [9.17, 15) is 4.79 Å². The second-order valence-electron chi connectivity index (χ2n) is 6.41. The molecule has 2 aromatic rings. The molecule has 0 saturated carbocycles. The van der Waals surface area contributed by atoms with Crippen molar-refractivity contribution < 1.29 is 4.79 Å². The molecule has 6 nitrogen and oxygen atoms in total. The molecule has 0 spiro atoms. The second kappa shape index (κ2) is 7.03. The summed E-state index contributed by atoms with van der Waals surface area (Å²) >= 11 is 0. The van der Waals surface area contributed by atoms with Crippen LogP contribution in [0.25, 0.3) is 0 Å². The lowest BCUT2D eigenvalue weighted by molar-refractivity contribution is -0.132. The first-order valence-electron chi connectivity index (χ1n) is 8.53. The van der Waals surface area contributed by atoms with E-state index in [0.29, 0.717) is 6.54 Å². The molecule has 3 rings (SSSR count). The van der Waals surface area contributed by atoms with Crippen LogP contribution in [0.5, 0.6) is 0 Å². The van der Waals surface area contributed by atoms with Crippen molar-refractivity contribution in [1.82, 2.24) is 19.4 Å². The zero-order valence-corrected chi connectivity index (χ0v) is 14.6. The number of hydrogen-bond acceptors (Lipinski definition) is 4. The van der Waals surface area contributed by atoms with Gasteiger partial charge in [-0.2, -0.15) is 0 Å². The predicted molar refractivity (Wildman–Crippen MR) is 93.9 cm³/mol. The Balaban J connectivity index is 1.78. The van der Waals surface area contributed by atoms with E-state index in [4.69, 9.17) is 0 Å². The van der Waals surface area contributed by atoms with Gasteiger partial charge in [0.25, 0.3) is 0 Å². The molecule has 1 atom stereocenters. The summed E-state index contributed by atoms with van der Waals surface area (Å²) in [6.45, 7) is 3.24. The van der Waals surface area contributed by atoms with Crippen LogP contribution in [0.2, 0.25) is 0 Å². The average molecular weight is 327 g/mol. The number of imidazole rings is 1. The van der Waals surface area contributed by atoms with Gasteiger partial charge in [-0.1, -0.05) is 6.92 Å². The molecular formula is C18H25N5O. The van der Waals surface area contributed by atoms with E-state index >= 15 is 0 Å². The smallest absolute Gasteiger partial charge is 0.243 e. The van der Waals surface area contributed by atoms with Gasteiger partial charge in [0.2, 0.25) is 5.91 Å². The van der Waals surface area contributed by atoms with Gasteiger partial charge >= 0.3 is 0 Å². The van der Waals surface area contributed by atoms with E-state index in [-0.39, 0.29) is 11.9 Å². The minimum Gasteiger partial charge on any atom is -0.363 e. The Morgan fingerprint density at radius 2 is 2.17 bits per heavy atom. The van der Waals surface area contributed by atoms with Gasteiger partial charge in [-0.25, -0.2) is 9.97 Å². The van der Waals surface area contributed by atoms with E-state index in [0.717, 1.165) is 37.4 Å². The van der Waals surface area contributed by atoms with Gasteiger partial charge in [0.1, 0.15) is 18.2 Å². The largest absolute Gasteiger partial charge is 0.363 e. The highest BCUT2D eigenvalue weighted by Gasteiger charge is 2.30. The molecular weight excluding hydrogens is 302 g/mol. The minimum atomic E-state index is 0.146. The summed E-state index contributed by atoms with van der Waals surface area (Å²) < 4.78 is 1.95. The van der Waals surface area contributed by atoms with Gasteiger partial charge < -0.3 is 14.4 Å². The van der Waals surface area contributed by atoms with Crippen molar-refractivity contribution in [2.45, 2.75) is 38.8 Å². The average Bonchev–Trinajstić information content (AvgIpc) is 3.23. The molecule has 128 valence electrons. The topological polar surface area (TPSA) is 54.3 Å². The SMILES string of the molecule is CCc1nccn1CC(=O)N1CCC[C@@H]1c1ccnc(N(C)C)c1. The third-order valence-corrected chi connectivity index (χ3v) is 4.61. The van der Waals surface area contributed by atoms with Gasteiger partial charge in [0.05, 0.1) is 6.04 Å². The zero-order valence-electron chi connectivity index (χ0n) is 14.6. The lowest BCUT2D eigenvalue weighted by atomic mass is 10.1. The standard InChI is InChI=1S/C18H25N5O/c1-4-16-20-9-11-22(16)13-18(24)23-10-5-6-15(23)14-7-8-19-17(12-14)21(2)3/h7-9,11-12,15H,4-6,10,13H2,1-3H3/t15-/m1/s1. The number of pyridine rings is 1. The fraction of sp³-hybridized carbons (Fsp3) is 0.500. The Bertz CT molecular complexity index is 709. The fourth-order valence-corrected chi connectivity index (χ4v) is 3.33. The summed E-state index contributed by atoms with van der Waals surface area (Å²) in [4.78, 5) is 25.5. The van der Waals surface area contributed by atoms with Crippen LogP contribution < -0.4 is 4.90 Å². The molecule has 24 heavy (non-hydrogen) atoms. The summed E-state index contributed by atoms with van der Waals surface area (Å²) in [5.74, 6) is 2.04. The van der Waals surface area contributed by atoms with E-state index in [1.807, 2.05) is 46.9 Å². The number of likely N-dealkylation sites (tertiary alicyclic amines) is 1. The fourth-order valence-electron chi connectivity index (χ4n) is 3.33. The van der Waals surface area contributed by atoms with Crippen LogP contribution in [-0.2, 0) is 17.8 Å². The molecule has 0 N–H and O–H groups in total. The molecule has 0 radical (unpaired) electrons. The molecule has 1 aliphatic rings. The molecule has 2 aromatic heterocycles. The highest BCUT2D eigenvalue weighted by molar-refractivity contribution is 5.77. The molecule has 1 fully saturated rings. The quantitative estimate of drug-likeness (QED) is 0.845. The van der Waals surface area contributed by atoms with Crippen LogP contribution in [0.4, 0.5) is 5.82 Å². The Labute approximate surface area is 143 Å². The molecule has 0 aliphatic carbocycles. The normalized spacial score (nSPS) is 17.3. The highest BCUT2D eigenvalue weighted by atomic mass is 16.2. The van der Waals surface area contributed by atoms with Crippen LogP contribution in [0, 0.1) is 0 Å². The van der Waals surface area contributed by atoms with E-state index in [1.54, 1.807) is 6.20 Å². The molecule has 0 bridgehead atoms. The first kappa shape index (κ1) is 16.5. The minimum absolute atomic E-state index is 0.146. The van der Waals surface area contributed by atoms with Crippen molar-refractivity contribution >= 4 is 11.7 Å². The lowest BCUT2D eigenvalue weighted by Crippen LogP contribution is -2.33. The molecule has 0 aromatic carbocycles. The number of hydrogen-bond donors (Lipinski definition) is 0. The Morgan fingerprint density at radius 1 is 1.33 bits per heavy atom. The van der Waals surface area contributed by atoms with Crippen LogP contribution in [0.15, 0.2) is 30.7 Å². The summed E-state index contributed by atoms with van der Waals surface area (Å²) in [7, 11) is 3.96. The number of carbonyl (C=O) groups is 1. The van der Waals surface area contributed by atoms with E-state index in [1.165, 1.54) is 5.56 Å². The van der Waals surface area contributed by atoms with Gasteiger partial charge in [0.15, 0.2) is 0 Å². The van der Waals surface area contributed by atoms with Gasteiger partial charge in [0, 0.05) is 45.7 Å². The molecule has 0 unspecified atom stereocenters. The third-order valence-electron chi connectivity index (χ3n) is 4.61. The summed E-state index contributed by atoms with van der Waals surface area (Å²) in [5.41, 5.74) is 1.17. The summed E-state index contributed by atoms with van der Waals surface area (Å²) in [5, 5.41) is 0. The lowest BCUT2D eigenvalue weighted by Gasteiger charge is -2.26. The van der Waals surface area contributed by atoms with Crippen molar-refractivity contribution in [3.63, 3.8) is 0 Å². The van der Waals surface area contributed by atoms with Gasteiger partial charge in [-0.3, -0.25) is 4.79 Å². The maximum absolute atomic E-state index is 12.8. The maximum atomic E-state index is 12.8. The first-order valence-corrected chi connectivity index (χ1v) is 8.53. The predicted octanol–water partition coefficient (Wildman–Crippen LogP) is 2.27. The number of aromatic nitrogens is 3. The zero-order chi connectivity index (χ0) is 17.1. The van der Waals surface area contributed by atoms with Crippen molar-refractivity contribution in [3.8, 4) is 0 Å². The number of carbonyl (C=O) groups excluding carboxylic acids is 1. The Morgan fingerprint density at radius 3 is 2.92 bits per heavy atom. The highest BCUT2D eigenvalue weighted by Crippen LogP contribution is 2.33. The van der Waals surface area contributed by atoms with E-state index in [2.05, 4.69) is 23.0 Å². The molecule has 6 heteroatoms. The first-order chi connectivity index (χ1) is 11.6. The third kappa shape index (κ3) is 3.27. The van der Waals surface area contributed by atoms with Crippen LogP contribution >= 0.6 is 0 Å². The molecule has 3 heterocycles. The van der Waals surface area contributed by atoms with Crippen molar-refractivity contribution in [2.24, 2.45) is 0 Å². The maximum Gasteiger partial charge on any atom is 0.243 e. The number of anilines is 1. The van der Waals surface area contributed by atoms with Gasteiger partial charge in [-0.15, -0.1) is 0 Å². The molecule has 1 amide bonds. The van der Waals surface area contributed by atoms with Crippen LogP contribution in [0.3, 0.4) is 0 Å².